The Morgan fingerprint density at radius 3 is 2.85 bits per heavy atom. The summed E-state index contributed by atoms with van der Waals surface area (Å²) in [5.74, 6) is -0.317. The monoisotopic (exact) mass is 292 g/mol. The average Bonchev–Trinajstić information content (AvgIpc) is 2.99. The smallest absolute Gasteiger partial charge is 0.226 e. The molecule has 6 nitrogen and oxygen atoms in total. The van der Waals surface area contributed by atoms with Crippen LogP contribution in [0.3, 0.4) is 0 Å². The highest BCUT2D eigenvalue weighted by atomic mass is 32.1. The van der Waals surface area contributed by atoms with Crippen molar-refractivity contribution in [3.05, 3.63) is 34.8 Å². The first-order valence-corrected chi connectivity index (χ1v) is 7.01. The van der Waals surface area contributed by atoms with Gasteiger partial charge in [-0.3, -0.25) is 14.3 Å². The molecule has 0 aliphatic rings. The Kier molecular flexibility index (Phi) is 4.52. The van der Waals surface area contributed by atoms with Crippen LogP contribution < -0.4 is 10.6 Å². The molecule has 2 heterocycles. The topological polar surface area (TPSA) is 76.0 Å². The van der Waals surface area contributed by atoms with Crippen LogP contribution in [0.5, 0.6) is 0 Å². The Balaban J connectivity index is 2.00. The number of aromatic nitrogens is 2. The minimum atomic E-state index is -0.302. The molecule has 0 bridgehead atoms. The number of hydrogen-bond acceptors (Lipinski definition) is 4. The SMILES string of the molecule is CC(=O)NC(CC(=O)Nc1cnn(C)c1)c1cccs1. The number of anilines is 1. The first-order chi connectivity index (χ1) is 9.54. The van der Waals surface area contributed by atoms with E-state index in [1.165, 1.54) is 18.3 Å². The highest BCUT2D eigenvalue weighted by Gasteiger charge is 2.18. The minimum absolute atomic E-state index is 0.155. The minimum Gasteiger partial charge on any atom is -0.348 e. The Morgan fingerprint density at radius 2 is 2.30 bits per heavy atom. The van der Waals surface area contributed by atoms with Gasteiger partial charge in [0.2, 0.25) is 11.8 Å². The third-order valence-electron chi connectivity index (χ3n) is 2.64. The van der Waals surface area contributed by atoms with E-state index >= 15 is 0 Å². The Bertz CT molecular complexity index is 591. The summed E-state index contributed by atoms with van der Waals surface area (Å²) in [6.45, 7) is 1.44. The Hall–Kier alpha value is -2.15. The normalized spacial score (nSPS) is 11.9. The van der Waals surface area contributed by atoms with E-state index in [9.17, 15) is 9.59 Å². The van der Waals surface area contributed by atoms with Crippen LogP contribution in [0.2, 0.25) is 0 Å². The van der Waals surface area contributed by atoms with Crippen LogP contribution in [0.4, 0.5) is 5.69 Å². The quantitative estimate of drug-likeness (QED) is 0.880. The number of nitrogens with one attached hydrogen (secondary N) is 2. The molecule has 20 heavy (non-hydrogen) atoms. The lowest BCUT2D eigenvalue weighted by Gasteiger charge is -2.15. The number of carbonyl (C=O) groups is 2. The second-order valence-electron chi connectivity index (χ2n) is 4.42. The highest BCUT2D eigenvalue weighted by molar-refractivity contribution is 7.10. The van der Waals surface area contributed by atoms with Gasteiger partial charge in [0.25, 0.3) is 0 Å². The zero-order valence-corrected chi connectivity index (χ0v) is 12.1. The highest BCUT2D eigenvalue weighted by Crippen LogP contribution is 2.22. The van der Waals surface area contributed by atoms with Gasteiger partial charge in [0.1, 0.15) is 0 Å². The molecule has 2 N–H and O–H groups in total. The second-order valence-corrected chi connectivity index (χ2v) is 5.40. The molecule has 1 unspecified atom stereocenters. The lowest BCUT2D eigenvalue weighted by molar-refractivity contribution is -0.120. The summed E-state index contributed by atoms with van der Waals surface area (Å²) in [7, 11) is 1.78. The largest absolute Gasteiger partial charge is 0.348 e. The van der Waals surface area contributed by atoms with Gasteiger partial charge in [0.15, 0.2) is 0 Å². The van der Waals surface area contributed by atoms with Gasteiger partial charge in [-0.1, -0.05) is 6.07 Å². The molecule has 0 radical (unpaired) electrons. The predicted molar refractivity (Wildman–Crippen MR) is 77.3 cm³/mol. The molecule has 2 aromatic rings. The van der Waals surface area contributed by atoms with Crippen molar-refractivity contribution in [2.75, 3.05) is 5.32 Å². The van der Waals surface area contributed by atoms with Gasteiger partial charge in [0, 0.05) is 25.0 Å². The summed E-state index contributed by atoms with van der Waals surface area (Å²) in [5, 5.41) is 11.5. The molecular formula is C13H16N4O2S. The van der Waals surface area contributed by atoms with E-state index in [0.717, 1.165) is 4.88 Å². The summed E-state index contributed by atoms with van der Waals surface area (Å²) in [6, 6.07) is 3.50. The number of amides is 2. The van der Waals surface area contributed by atoms with Crippen LogP contribution in [-0.4, -0.2) is 21.6 Å². The molecule has 0 aliphatic carbocycles. The second kappa shape index (κ2) is 6.33. The van der Waals surface area contributed by atoms with E-state index < -0.39 is 0 Å². The van der Waals surface area contributed by atoms with Crippen molar-refractivity contribution in [1.82, 2.24) is 15.1 Å². The first-order valence-electron chi connectivity index (χ1n) is 6.13. The zero-order valence-electron chi connectivity index (χ0n) is 11.3. The maximum atomic E-state index is 12.0. The van der Waals surface area contributed by atoms with Crippen molar-refractivity contribution >= 4 is 28.8 Å². The van der Waals surface area contributed by atoms with Crippen LogP contribution in [-0.2, 0) is 16.6 Å². The van der Waals surface area contributed by atoms with Crippen molar-refractivity contribution in [2.45, 2.75) is 19.4 Å². The van der Waals surface area contributed by atoms with E-state index in [1.54, 1.807) is 24.1 Å². The van der Waals surface area contributed by atoms with Crippen molar-refractivity contribution in [1.29, 1.82) is 0 Å². The molecule has 1 atom stereocenters. The summed E-state index contributed by atoms with van der Waals surface area (Å²) in [6.07, 6.45) is 3.49. The van der Waals surface area contributed by atoms with E-state index in [0.29, 0.717) is 5.69 Å². The van der Waals surface area contributed by atoms with Gasteiger partial charge < -0.3 is 10.6 Å². The summed E-state index contributed by atoms with van der Waals surface area (Å²) < 4.78 is 1.61. The van der Waals surface area contributed by atoms with Gasteiger partial charge in [-0.2, -0.15) is 5.10 Å². The third-order valence-corrected chi connectivity index (χ3v) is 3.63. The molecule has 0 aromatic carbocycles. The molecule has 0 saturated heterocycles. The standard InChI is InChI=1S/C13H16N4O2S/c1-9(18)15-11(12-4-3-5-20-12)6-13(19)16-10-7-14-17(2)8-10/h3-5,7-8,11H,6H2,1-2H3,(H,15,18)(H,16,19). The maximum Gasteiger partial charge on any atom is 0.226 e. The summed E-state index contributed by atoms with van der Waals surface area (Å²) in [5.41, 5.74) is 0.644. The fraction of sp³-hybridized carbons (Fsp3) is 0.308. The Labute approximate surface area is 120 Å². The van der Waals surface area contributed by atoms with Gasteiger partial charge in [0.05, 0.1) is 24.3 Å². The fourth-order valence-corrected chi connectivity index (χ4v) is 2.62. The lowest BCUT2D eigenvalue weighted by Crippen LogP contribution is -2.29. The molecule has 2 rings (SSSR count). The number of aryl methyl sites for hydroxylation is 1. The van der Waals surface area contributed by atoms with Gasteiger partial charge in [-0.15, -0.1) is 11.3 Å². The van der Waals surface area contributed by atoms with Crippen LogP contribution >= 0.6 is 11.3 Å². The lowest BCUT2D eigenvalue weighted by atomic mass is 10.1. The predicted octanol–water partition coefficient (Wildman–Crippen LogP) is 1.69. The van der Waals surface area contributed by atoms with Crippen molar-refractivity contribution < 1.29 is 9.59 Å². The van der Waals surface area contributed by atoms with E-state index in [-0.39, 0.29) is 24.3 Å². The number of carbonyl (C=O) groups excluding carboxylic acids is 2. The number of nitrogens with zero attached hydrogens (tertiary/aromatic N) is 2. The van der Waals surface area contributed by atoms with E-state index in [2.05, 4.69) is 15.7 Å². The van der Waals surface area contributed by atoms with Crippen molar-refractivity contribution in [3.63, 3.8) is 0 Å². The first kappa shape index (κ1) is 14.3. The fourth-order valence-electron chi connectivity index (χ4n) is 1.84. The zero-order chi connectivity index (χ0) is 14.5. The van der Waals surface area contributed by atoms with E-state index in [1.807, 2.05) is 17.5 Å². The molecule has 2 amide bonds. The Morgan fingerprint density at radius 1 is 1.50 bits per heavy atom. The molecule has 0 aliphatic heterocycles. The molecule has 0 saturated carbocycles. The van der Waals surface area contributed by atoms with E-state index in [4.69, 9.17) is 0 Å². The molecule has 106 valence electrons. The van der Waals surface area contributed by atoms with Crippen molar-refractivity contribution in [2.24, 2.45) is 7.05 Å². The number of thiophene rings is 1. The maximum absolute atomic E-state index is 12.0. The molecule has 7 heteroatoms. The summed E-state index contributed by atoms with van der Waals surface area (Å²) >= 11 is 1.51. The molecule has 0 fully saturated rings. The van der Waals surface area contributed by atoms with Gasteiger partial charge >= 0.3 is 0 Å². The van der Waals surface area contributed by atoms with Gasteiger partial charge in [-0.25, -0.2) is 0 Å². The van der Waals surface area contributed by atoms with Gasteiger partial charge in [-0.05, 0) is 11.4 Å². The number of rotatable bonds is 5. The van der Waals surface area contributed by atoms with Crippen LogP contribution in [0.25, 0.3) is 0 Å². The van der Waals surface area contributed by atoms with Crippen molar-refractivity contribution in [3.8, 4) is 0 Å². The molecule has 2 aromatic heterocycles. The van der Waals surface area contributed by atoms with Crippen LogP contribution in [0.1, 0.15) is 24.3 Å². The molecular weight excluding hydrogens is 276 g/mol. The average molecular weight is 292 g/mol. The van der Waals surface area contributed by atoms with Crippen LogP contribution in [0, 0.1) is 0 Å². The summed E-state index contributed by atoms with van der Waals surface area (Å²) in [4.78, 5) is 24.2. The third kappa shape index (κ3) is 3.92. The van der Waals surface area contributed by atoms with Crippen LogP contribution in [0.15, 0.2) is 29.9 Å². The number of hydrogen-bond donors (Lipinski definition) is 2. The molecule has 0 spiro atoms.